The Bertz CT molecular complexity index is 417. The molecular formula is C16H23NO2. The summed E-state index contributed by atoms with van der Waals surface area (Å²) in [6, 6.07) is 8.57. The molecule has 0 aromatic heterocycles. The predicted octanol–water partition coefficient (Wildman–Crippen LogP) is 2.91. The summed E-state index contributed by atoms with van der Waals surface area (Å²) in [6.07, 6.45) is 3.94. The molecule has 2 unspecified atom stereocenters. The molecule has 1 heterocycles. The third kappa shape index (κ3) is 3.10. The fourth-order valence-corrected chi connectivity index (χ4v) is 2.57. The van der Waals surface area contributed by atoms with E-state index in [0.29, 0.717) is 6.61 Å². The lowest BCUT2D eigenvalue weighted by molar-refractivity contribution is -0.0199. The lowest BCUT2D eigenvalue weighted by Gasteiger charge is -2.34. The fourth-order valence-electron chi connectivity index (χ4n) is 2.57. The van der Waals surface area contributed by atoms with Crippen molar-refractivity contribution in [1.82, 2.24) is 5.32 Å². The van der Waals surface area contributed by atoms with Crippen LogP contribution in [0.4, 0.5) is 0 Å². The van der Waals surface area contributed by atoms with Crippen LogP contribution in [0.25, 0.3) is 0 Å². The third-order valence-corrected chi connectivity index (χ3v) is 3.89. The van der Waals surface area contributed by atoms with Gasteiger partial charge in [-0.3, -0.25) is 0 Å². The molecule has 1 fully saturated rings. The van der Waals surface area contributed by atoms with E-state index < -0.39 is 0 Å². The van der Waals surface area contributed by atoms with Gasteiger partial charge in [0, 0.05) is 5.56 Å². The molecule has 3 rings (SSSR count). The summed E-state index contributed by atoms with van der Waals surface area (Å²) >= 11 is 0. The van der Waals surface area contributed by atoms with Crippen LogP contribution in [0.5, 0.6) is 5.75 Å². The first-order chi connectivity index (χ1) is 9.38. The molecule has 2 aliphatic rings. The van der Waals surface area contributed by atoms with Crippen LogP contribution in [0.15, 0.2) is 24.3 Å². The first-order valence-corrected chi connectivity index (χ1v) is 7.45. The largest absolute Gasteiger partial charge is 0.490 e. The second kappa shape index (κ2) is 5.93. The Balaban J connectivity index is 1.72. The van der Waals surface area contributed by atoms with Crippen LogP contribution in [0.1, 0.15) is 37.8 Å². The molecule has 2 atom stereocenters. The number of ether oxygens (including phenoxy) is 2. The molecule has 1 aromatic carbocycles. The van der Waals surface area contributed by atoms with Crippen LogP contribution in [-0.2, 0) is 4.74 Å². The van der Waals surface area contributed by atoms with E-state index >= 15 is 0 Å². The average Bonchev–Trinajstić information content (AvgIpc) is 3.27. The van der Waals surface area contributed by atoms with Gasteiger partial charge in [0.05, 0.1) is 12.6 Å². The molecule has 3 nitrogen and oxygen atoms in total. The molecule has 1 aliphatic carbocycles. The predicted molar refractivity (Wildman–Crippen MR) is 75.4 cm³/mol. The summed E-state index contributed by atoms with van der Waals surface area (Å²) in [6.45, 7) is 4.76. The summed E-state index contributed by atoms with van der Waals surface area (Å²) in [5.74, 6) is 1.80. The van der Waals surface area contributed by atoms with Gasteiger partial charge in [0.15, 0.2) is 0 Å². The standard InChI is InChI=1S/C16H23NO2/c1-2-9-17-16-13-5-3-4-6-14(13)19-11-15(16)18-10-12-7-8-12/h3-6,12,15-17H,2,7-11H2,1H3. The maximum absolute atomic E-state index is 6.09. The third-order valence-electron chi connectivity index (χ3n) is 3.89. The van der Waals surface area contributed by atoms with Crippen LogP contribution in [0.2, 0.25) is 0 Å². The molecule has 0 saturated heterocycles. The van der Waals surface area contributed by atoms with Gasteiger partial charge in [-0.2, -0.15) is 0 Å². The summed E-state index contributed by atoms with van der Waals surface area (Å²) in [5, 5.41) is 3.62. The van der Waals surface area contributed by atoms with E-state index in [0.717, 1.165) is 31.2 Å². The Labute approximate surface area is 115 Å². The maximum Gasteiger partial charge on any atom is 0.124 e. The molecule has 0 amide bonds. The first-order valence-electron chi connectivity index (χ1n) is 7.45. The maximum atomic E-state index is 6.09. The molecule has 104 valence electrons. The van der Waals surface area contributed by atoms with Crippen LogP contribution in [0, 0.1) is 5.92 Å². The van der Waals surface area contributed by atoms with Crippen molar-refractivity contribution in [1.29, 1.82) is 0 Å². The molecule has 0 bridgehead atoms. The number of hydrogen-bond acceptors (Lipinski definition) is 3. The second-order valence-electron chi connectivity index (χ2n) is 5.60. The quantitative estimate of drug-likeness (QED) is 0.854. The van der Waals surface area contributed by atoms with E-state index in [1.54, 1.807) is 0 Å². The van der Waals surface area contributed by atoms with E-state index in [-0.39, 0.29) is 12.1 Å². The number of fused-ring (bicyclic) bond motifs is 1. The van der Waals surface area contributed by atoms with E-state index in [1.807, 2.05) is 12.1 Å². The van der Waals surface area contributed by atoms with Crippen LogP contribution in [0.3, 0.4) is 0 Å². The monoisotopic (exact) mass is 261 g/mol. The minimum Gasteiger partial charge on any atom is -0.490 e. The second-order valence-corrected chi connectivity index (χ2v) is 5.60. The minimum absolute atomic E-state index is 0.141. The van der Waals surface area contributed by atoms with Gasteiger partial charge in [-0.1, -0.05) is 25.1 Å². The molecule has 0 radical (unpaired) electrons. The Morgan fingerprint density at radius 2 is 2.16 bits per heavy atom. The first kappa shape index (κ1) is 12.9. The van der Waals surface area contributed by atoms with Crippen molar-refractivity contribution in [3.05, 3.63) is 29.8 Å². The molecule has 3 heteroatoms. The number of para-hydroxylation sites is 1. The highest BCUT2D eigenvalue weighted by Gasteiger charge is 2.32. The summed E-state index contributed by atoms with van der Waals surface area (Å²) in [4.78, 5) is 0. The van der Waals surface area contributed by atoms with Crippen molar-refractivity contribution < 1.29 is 9.47 Å². The van der Waals surface area contributed by atoms with Crippen LogP contribution >= 0.6 is 0 Å². The van der Waals surface area contributed by atoms with Crippen LogP contribution in [-0.4, -0.2) is 25.9 Å². The van der Waals surface area contributed by atoms with E-state index in [2.05, 4.69) is 24.4 Å². The Kier molecular flexibility index (Phi) is 4.04. The van der Waals surface area contributed by atoms with Crippen molar-refractivity contribution >= 4 is 0 Å². The van der Waals surface area contributed by atoms with Gasteiger partial charge in [0.25, 0.3) is 0 Å². The zero-order valence-corrected chi connectivity index (χ0v) is 11.6. The molecule has 1 N–H and O–H groups in total. The van der Waals surface area contributed by atoms with Crippen molar-refractivity contribution in [2.24, 2.45) is 5.92 Å². The van der Waals surface area contributed by atoms with Gasteiger partial charge >= 0.3 is 0 Å². The molecule has 1 aliphatic heterocycles. The van der Waals surface area contributed by atoms with Crippen molar-refractivity contribution in [2.75, 3.05) is 19.8 Å². The van der Waals surface area contributed by atoms with E-state index in [1.165, 1.54) is 18.4 Å². The molecule has 1 saturated carbocycles. The van der Waals surface area contributed by atoms with Gasteiger partial charge in [0.2, 0.25) is 0 Å². The molecule has 0 spiro atoms. The molecular weight excluding hydrogens is 238 g/mol. The Morgan fingerprint density at radius 1 is 1.32 bits per heavy atom. The summed E-state index contributed by atoms with van der Waals surface area (Å²) in [5.41, 5.74) is 1.24. The van der Waals surface area contributed by atoms with Gasteiger partial charge in [0.1, 0.15) is 18.5 Å². The van der Waals surface area contributed by atoms with Crippen molar-refractivity contribution in [3.8, 4) is 5.75 Å². The van der Waals surface area contributed by atoms with Gasteiger partial charge in [-0.05, 0) is 37.8 Å². The van der Waals surface area contributed by atoms with Gasteiger partial charge < -0.3 is 14.8 Å². The fraction of sp³-hybridized carbons (Fsp3) is 0.625. The Hall–Kier alpha value is -1.06. The smallest absolute Gasteiger partial charge is 0.124 e. The highest BCUT2D eigenvalue weighted by molar-refractivity contribution is 5.38. The van der Waals surface area contributed by atoms with Crippen molar-refractivity contribution in [2.45, 2.75) is 38.3 Å². The zero-order chi connectivity index (χ0) is 13.1. The topological polar surface area (TPSA) is 30.5 Å². The van der Waals surface area contributed by atoms with Crippen LogP contribution < -0.4 is 10.1 Å². The summed E-state index contributed by atoms with van der Waals surface area (Å²) in [7, 11) is 0. The SMILES string of the molecule is CCCNC1c2ccccc2OCC1OCC1CC1. The molecule has 19 heavy (non-hydrogen) atoms. The van der Waals surface area contributed by atoms with Crippen molar-refractivity contribution in [3.63, 3.8) is 0 Å². The molecule has 1 aromatic rings. The normalized spacial score (nSPS) is 25.7. The minimum atomic E-state index is 0.141. The average molecular weight is 261 g/mol. The van der Waals surface area contributed by atoms with Gasteiger partial charge in [-0.15, -0.1) is 0 Å². The number of rotatable bonds is 6. The van der Waals surface area contributed by atoms with E-state index in [9.17, 15) is 0 Å². The number of hydrogen-bond donors (Lipinski definition) is 1. The Morgan fingerprint density at radius 3 is 2.95 bits per heavy atom. The van der Waals surface area contributed by atoms with Gasteiger partial charge in [-0.25, -0.2) is 0 Å². The number of benzene rings is 1. The summed E-state index contributed by atoms with van der Waals surface area (Å²) < 4.78 is 11.9. The zero-order valence-electron chi connectivity index (χ0n) is 11.6. The highest BCUT2D eigenvalue weighted by Crippen LogP contribution is 2.35. The van der Waals surface area contributed by atoms with E-state index in [4.69, 9.17) is 9.47 Å². The number of nitrogens with one attached hydrogen (secondary N) is 1. The lowest BCUT2D eigenvalue weighted by Crippen LogP contribution is -2.41. The lowest BCUT2D eigenvalue weighted by atomic mass is 9.98. The highest BCUT2D eigenvalue weighted by atomic mass is 16.5.